The highest BCUT2D eigenvalue weighted by molar-refractivity contribution is 5.91. The first-order chi connectivity index (χ1) is 16.6. The first-order valence-corrected chi connectivity index (χ1v) is 12.7. The molecule has 2 heterocycles. The molecule has 0 aliphatic carbocycles. The van der Waals surface area contributed by atoms with E-state index in [-0.39, 0.29) is 22.4 Å². The number of carbonyl (C=O) groups excluding carboxylic acids is 1. The van der Waals surface area contributed by atoms with Gasteiger partial charge in [-0.25, -0.2) is 4.79 Å². The second-order valence-corrected chi connectivity index (χ2v) is 11.6. The molecule has 3 aromatic rings. The Morgan fingerprint density at radius 2 is 1.26 bits per heavy atom. The van der Waals surface area contributed by atoms with E-state index in [4.69, 9.17) is 0 Å². The smallest absolute Gasteiger partial charge is 0.319 e. The largest absolute Gasteiger partial charge is 0.371 e. The summed E-state index contributed by atoms with van der Waals surface area (Å²) >= 11 is 0. The average Bonchev–Trinajstić information content (AvgIpc) is 2.83. The van der Waals surface area contributed by atoms with Crippen molar-refractivity contribution < 1.29 is 4.79 Å². The number of nitrogens with zero attached hydrogens (tertiary/aromatic N) is 1. The van der Waals surface area contributed by atoms with Gasteiger partial charge in [-0.3, -0.25) is 0 Å². The predicted octanol–water partition coefficient (Wildman–Crippen LogP) is 6.83. The van der Waals surface area contributed by atoms with Crippen molar-refractivity contribution in [1.29, 1.82) is 0 Å². The highest BCUT2D eigenvalue weighted by Gasteiger charge is 2.45. The fourth-order valence-corrected chi connectivity index (χ4v) is 5.93. The van der Waals surface area contributed by atoms with Gasteiger partial charge in [0.05, 0.1) is 0 Å². The van der Waals surface area contributed by atoms with E-state index in [1.165, 1.54) is 27.9 Å². The molecular weight excluding hydrogens is 430 g/mol. The molecule has 0 unspecified atom stereocenters. The number of nitrogens with one attached hydrogen (secondary N) is 2. The van der Waals surface area contributed by atoms with Crippen LogP contribution < -0.4 is 15.5 Å². The molecule has 2 amide bonds. The Labute approximate surface area is 209 Å². The van der Waals surface area contributed by atoms with E-state index in [9.17, 15) is 4.79 Å². The van der Waals surface area contributed by atoms with Crippen LogP contribution in [0.4, 0.5) is 16.2 Å². The summed E-state index contributed by atoms with van der Waals surface area (Å²) in [6.45, 7) is 12.8. The molecule has 2 aliphatic heterocycles. The van der Waals surface area contributed by atoms with Crippen molar-refractivity contribution in [3.8, 4) is 0 Å². The quantitative estimate of drug-likeness (QED) is 0.443. The zero-order chi connectivity index (χ0) is 24.8. The molecule has 5 rings (SSSR count). The first kappa shape index (κ1) is 23.5. The Kier molecular flexibility index (Phi) is 5.66. The second-order valence-electron chi connectivity index (χ2n) is 11.6. The molecule has 2 N–H and O–H groups in total. The molecule has 0 saturated carbocycles. The number of amides is 2. The van der Waals surface area contributed by atoms with Gasteiger partial charge in [-0.1, -0.05) is 74.5 Å². The van der Waals surface area contributed by atoms with Crippen LogP contribution >= 0.6 is 0 Å². The third-order valence-electron chi connectivity index (χ3n) is 7.95. The maximum atomic E-state index is 12.9. The van der Waals surface area contributed by atoms with E-state index in [0.29, 0.717) is 0 Å². The van der Waals surface area contributed by atoms with E-state index >= 15 is 0 Å². The van der Waals surface area contributed by atoms with Gasteiger partial charge in [0.2, 0.25) is 0 Å². The van der Waals surface area contributed by atoms with Gasteiger partial charge in [0.15, 0.2) is 0 Å². The average molecular weight is 468 g/mol. The topological polar surface area (TPSA) is 44.4 Å². The van der Waals surface area contributed by atoms with Crippen molar-refractivity contribution in [2.45, 2.75) is 63.8 Å². The number of hydrogen-bond acceptors (Lipinski definition) is 2. The third kappa shape index (κ3) is 4.20. The second kappa shape index (κ2) is 8.44. The monoisotopic (exact) mass is 467 g/mol. The van der Waals surface area contributed by atoms with Crippen LogP contribution in [-0.4, -0.2) is 24.7 Å². The molecule has 35 heavy (non-hydrogen) atoms. The molecule has 2 atom stereocenters. The number of urea groups is 1. The SMILES string of the molecule is CC(C)(C)NC(=O)Nc1cc2c3c(c1)[C@](C)(c1ccccc1)CCN3CC[C@@]2(C)c1ccccc1. The highest BCUT2D eigenvalue weighted by atomic mass is 16.2. The van der Waals surface area contributed by atoms with E-state index in [2.05, 4.69) is 102 Å². The Bertz CT molecular complexity index is 1150. The number of anilines is 2. The summed E-state index contributed by atoms with van der Waals surface area (Å²) < 4.78 is 0. The van der Waals surface area contributed by atoms with Crippen LogP contribution in [0.2, 0.25) is 0 Å². The fourth-order valence-electron chi connectivity index (χ4n) is 5.93. The lowest BCUT2D eigenvalue weighted by Crippen LogP contribution is -2.47. The van der Waals surface area contributed by atoms with Crippen molar-refractivity contribution in [3.63, 3.8) is 0 Å². The summed E-state index contributed by atoms with van der Waals surface area (Å²) in [5, 5.41) is 6.22. The van der Waals surface area contributed by atoms with Crippen LogP contribution in [-0.2, 0) is 10.8 Å². The lowest BCUT2D eigenvalue weighted by atomic mass is 9.64. The first-order valence-electron chi connectivity index (χ1n) is 12.7. The summed E-state index contributed by atoms with van der Waals surface area (Å²) in [7, 11) is 0. The minimum Gasteiger partial charge on any atom is -0.371 e. The summed E-state index contributed by atoms with van der Waals surface area (Å²) in [4.78, 5) is 15.5. The van der Waals surface area contributed by atoms with Crippen molar-refractivity contribution in [3.05, 3.63) is 95.1 Å². The molecular formula is C31H37N3O. The molecule has 0 radical (unpaired) electrons. The Hall–Kier alpha value is -3.27. The standard InChI is InChI=1S/C31H37N3O/c1-29(2,3)33-28(35)32-24-20-25-27-26(21-24)31(5,23-14-10-7-11-15-23)17-19-34(27)18-16-30(25,4)22-12-8-6-9-13-22/h6-15,20-21H,16-19H2,1-5H3,(H2,32,33,35)/t30-,31-/m0/s1. The minimum absolute atomic E-state index is 0.130. The predicted molar refractivity (Wildman–Crippen MR) is 146 cm³/mol. The number of benzene rings is 3. The maximum absolute atomic E-state index is 12.9. The van der Waals surface area contributed by atoms with E-state index < -0.39 is 0 Å². The summed E-state index contributed by atoms with van der Waals surface area (Å²) in [6.07, 6.45) is 2.09. The molecule has 4 nitrogen and oxygen atoms in total. The van der Waals surface area contributed by atoms with Gasteiger partial charge in [-0.2, -0.15) is 0 Å². The zero-order valence-electron chi connectivity index (χ0n) is 21.6. The number of hydrogen-bond donors (Lipinski definition) is 2. The summed E-state index contributed by atoms with van der Waals surface area (Å²) in [6, 6.07) is 25.9. The number of rotatable bonds is 3. The van der Waals surface area contributed by atoms with Crippen LogP contribution in [0.5, 0.6) is 0 Å². The van der Waals surface area contributed by atoms with Gasteiger partial charge in [0, 0.05) is 40.8 Å². The Morgan fingerprint density at radius 3 is 1.69 bits per heavy atom. The van der Waals surface area contributed by atoms with Gasteiger partial charge < -0.3 is 15.5 Å². The van der Waals surface area contributed by atoms with Gasteiger partial charge >= 0.3 is 6.03 Å². The van der Waals surface area contributed by atoms with Crippen LogP contribution in [0, 0.1) is 0 Å². The Morgan fingerprint density at radius 1 is 0.800 bits per heavy atom. The Balaban J connectivity index is 1.71. The van der Waals surface area contributed by atoms with E-state index in [0.717, 1.165) is 31.6 Å². The van der Waals surface area contributed by atoms with Crippen molar-refractivity contribution in [1.82, 2.24) is 5.32 Å². The van der Waals surface area contributed by atoms with Crippen LogP contribution in [0.1, 0.15) is 69.7 Å². The normalized spacial score (nSPS) is 23.4. The molecule has 0 saturated heterocycles. The van der Waals surface area contributed by atoms with E-state index in [1.807, 2.05) is 20.8 Å². The van der Waals surface area contributed by atoms with Gasteiger partial charge in [-0.15, -0.1) is 0 Å². The van der Waals surface area contributed by atoms with Gasteiger partial charge in [0.25, 0.3) is 0 Å². The summed E-state index contributed by atoms with van der Waals surface area (Å²) in [5.41, 5.74) is 6.90. The molecule has 0 spiro atoms. The lowest BCUT2D eigenvalue weighted by molar-refractivity contribution is 0.244. The van der Waals surface area contributed by atoms with Crippen LogP contribution in [0.15, 0.2) is 72.8 Å². The molecule has 0 bridgehead atoms. The molecule has 3 aromatic carbocycles. The van der Waals surface area contributed by atoms with Gasteiger partial charge in [-0.05, 0) is 68.0 Å². The van der Waals surface area contributed by atoms with Gasteiger partial charge in [0.1, 0.15) is 0 Å². The van der Waals surface area contributed by atoms with Crippen LogP contribution in [0.3, 0.4) is 0 Å². The zero-order valence-corrected chi connectivity index (χ0v) is 21.6. The maximum Gasteiger partial charge on any atom is 0.319 e. The van der Waals surface area contributed by atoms with E-state index in [1.54, 1.807) is 0 Å². The van der Waals surface area contributed by atoms with Crippen molar-refractivity contribution in [2.75, 3.05) is 23.3 Å². The van der Waals surface area contributed by atoms with Crippen molar-refractivity contribution in [2.24, 2.45) is 0 Å². The number of carbonyl (C=O) groups is 1. The lowest BCUT2D eigenvalue weighted by Gasteiger charge is -2.50. The third-order valence-corrected chi connectivity index (χ3v) is 7.95. The molecule has 182 valence electrons. The summed E-state index contributed by atoms with van der Waals surface area (Å²) in [5.74, 6) is 0. The fraction of sp³-hybridized carbons (Fsp3) is 0.387. The minimum atomic E-state index is -0.305. The molecule has 4 heteroatoms. The van der Waals surface area contributed by atoms with Crippen molar-refractivity contribution >= 4 is 17.4 Å². The molecule has 2 aliphatic rings. The molecule has 0 aromatic heterocycles. The molecule has 0 fully saturated rings. The highest BCUT2D eigenvalue weighted by Crippen LogP contribution is 2.54. The van der Waals surface area contributed by atoms with Crippen LogP contribution in [0.25, 0.3) is 0 Å².